The van der Waals surface area contributed by atoms with Crippen LogP contribution in [0.4, 0.5) is 0 Å². The van der Waals surface area contributed by atoms with Gasteiger partial charge in [-0.05, 0) is 68.4 Å². The first-order valence-corrected chi connectivity index (χ1v) is 11.2. The lowest BCUT2D eigenvalue weighted by atomic mass is 10.1. The highest BCUT2D eigenvalue weighted by Gasteiger charge is 2.19. The molecule has 0 spiro atoms. The number of carbonyl (C=O) groups is 2. The third-order valence-corrected chi connectivity index (χ3v) is 6.03. The number of ketones is 1. The summed E-state index contributed by atoms with van der Waals surface area (Å²) in [5, 5.41) is 5.03. The molecule has 9 heteroatoms. The Labute approximate surface area is 182 Å². The van der Waals surface area contributed by atoms with Gasteiger partial charge in [-0.2, -0.15) is 0 Å². The largest absolute Gasteiger partial charge is 0.454 e. The number of nitrogens with two attached hydrogens (primary N) is 1. The van der Waals surface area contributed by atoms with Crippen LogP contribution in [-0.4, -0.2) is 31.3 Å². The number of hydrogen-bond acceptors (Lipinski definition) is 5. The quantitative estimate of drug-likeness (QED) is 0.419. The Hall–Kier alpha value is -2.75. The van der Waals surface area contributed by atoms with Gasteiger partial charge in [0.15, 0.2) is 6.61 Å². The lowest BCUT2D eigenvalue weighted by Crippen LogP contribution is -2.16. The van der Waals surface area contributed by atoms with E-state index in [9.17, 15) is 18.0 Å². The molecule has 0 unspecified atom stereocenters. The van der Waals surface area contributed by atoms with Gasteiger partial charge >= 0.3 is 5.97 Å². The summed E-state index contributed by atoms with van der Waals surface area (Å²) >= 11 is 3.40. The molecular formula is C21H19BrN2O5S. The molecule has 3 aromatic rings. The number of primary sulfonamides is 1. The second-order valence-electron chi connectivity index (χ2n) is 6.67. The molecule has 7 nitrogen and oxygen atoms in total. The molecule has 2 aromatic carbocycles. The van der Waals surface area contributed by atoms with Crippen molar-refractivity contribution in [1.29, 1.82) is 0 Å². The van der Waals surface area contributed by atoms with E-state index in [-0.39, 0.29) is 16.2 Å². The summed E-state index contributed by atoms with van der Waals surface area (Å²) < 4.78 is 30.6. The van der Waals surface area contributed by atoms with Crippen molar-refractivity contribution in [3.8, 4) is 5.69 Å². The van der Waals surface area contributed by atoms with Gasteiger partial charge in [0.05, 0.1) is 10.5 Å². The minimum atomic E-state index is -3.85. The van der Waals surface area contributed by atoms with Crippen molar-refractivity contribution in [2.24, 2.45) is 5.14 Å². The number of halogens is 1. The number of aryl methyl sites for hydroxylation is 1. The Kier molecular flexibility index (Phi) is 6.25. The molecule has 0 saturated heterocycles. The van der Waals surface area contributed by atoms with E-state index >= 15 is 0 Å². The first-order chi connectivity index (χ1) is 14.1. The van der Waals surface area contributed by atoms with Gasteiger partial charge in [-0.3, -0.25) is 4.79 Å². The van der Waals surface area contributed by atoms with E-state index in [2.05, 4.69) is 15.9 Å². The van der Waals surface area contributed by atoms with Gasteiger partial charge in [0, 0.05) is 27.1 Å². The number of carbonyl (C=O) groups excluding carboxylic acids is 2. The summed E-state index contributed by atoms with van der Waals surface area (Å²) in [6.07, 6.45) is 0. The molecule has 0 saturated carbocycles. The number of sulfonamides is 1. The summed E-state index contributed by atoms with van der Waals surface area (Å²) in [6.45, 7) is 3.29. The van der Waals surface area contributed by atoms with E-state index in [4.69, 9.17) is 9.88 Å². The van der Waals surface area contributed by atoms with Crippen LogP contribution in [0.15, 0.2) is 64.0 Å². The minimum absolute atomic E-state index is 0.115. The zero-order chi connectivity index (χ0) is 22.1. The van der Waals surface area contributed by atoms with Crippen molar-refractivity contribution in [2.45, 2.75) is 18.7 Å². The lowest BCUT2D eigenvalue weighted by Gasteiger charge is -2.10. The topological polar surface area (TPSA) is 108 Å². The van der Waals surface area contributed by atoms with E-state index in [1.807, 2.05) is 42.7 Å². The van der Waals surface area contributed by atoms with Gasteiger partial charge in [0.1, 0.15) is 0 Å². The third kappa shape index (κ3) is 4.69. The van der Waals surface area contributed by atoms with Gasteiger partial charge in [0.25, 0.3) is 0 Å². The number of aromatic nitrogens is 1. The van der Waals surface area contributed by atoms with Crippen molar-refractivity contribution in [3.05, 3.63) is 81.6 Å². The maximum atomic E-state index is 12.6. The summed E-state index contributed by atoms with van der Waals surface area (Å²) in [5.41, 5.74) is 3.12. The van der Waals surface area contributed by atoms with Gasteiger partial charge in [0.2, 0.25) is 15.8 Å². The Morgan fingerprint density at radius 3 is 2.20 bits per heavy atom. The van der Waals surface area contributed by atoms with Crippen LogP contribution in [0.5, 0.6) is 0 Å². The zero-order valence-electron chi connectivity index (χ0n) is 16.3. The fourth-order valence-corrected chi connectivity index (χ4v) is 3.89. The molecule has 0 atom stereocenters. The molecule has 0 radical (unpaired) electrons. The smallest absolute Gasteiger partial charge is 0.338 e. The van der Waals surface area contributed by atoms with Crippen LogP contribution in [0.25, 0.3) is 5.69 Å². The van der Waals surface area contributed by atoms with Crippen LogP contribution in [-0.2, 0) is 14.8 Å². The van der Waals surface area contributed by atoms with E-state index in [0.29, 0.717) is 5.56 Å². The van der Waals surface area contributed by atoms with E-state index in [0.717, 1.165) is 21.5 Å². The normalized spacial score (nSPS) is 11.3. The van der Waals surface area contributed by atoms with Gasteiger partial charge in [-0.25, -0.2) is 18.4 Å². The fraction of sp³-hybridized carbons (Fsp3) is 0.143. The molecule has 0 amide bonds. The zero-order valence-corrected chi connectivity index (χ0v) is 18.7. The van der Waals surface area contributed by atoms with Crippen molar-refractivity contribution in [2.75, 3.05) is 6.61 Å². The first-order valence-electron chi connectivity index (χ1n) is 8.86. The molecule has 1 aromatic heterocycles. The van der Waals surface area contributed by atoms with Gasteiger partial charge in [-0.1, -0.05) is 15.9 Å². The van der Waals surface area contributed by atoms with Gasteiger partial charge in [-0.15, -0.1) is 0 Å². The fourth-order valence-electron chi connectivity index (χ4n) is 3.11. The monoisotopic (exact) mass is 490 g/mol. The molecule has 0 aliphatic rings. The van der Waals surface area contributed by atoms with Crippen LogP contribution in [0, 0.1) is 13.8 Å². The predicted octanol–water partition coefficient (Wildman–Crippen LogP) is 3.54. The van der Waals surface area contributed by atoms with Crippen LogP contribution in [0.2, 0.25) is 0 Å². The number of rotatable bonds is 6. The van der Waals surface area contributed by atoms with Crippen LogP contribution in [0.3, 0.4) is 0 Å². The molecule has 2 N–H and O–H groups in total. The molecule has 30 heavy (non-hydrogen) atoms. The molecule has 1 heterocycles. The lowest BCUT2D eigenvalue weighted by molar-refractivity contribution is 0.0474. The molecule has 0 aliphatic heterocycles. The predicted molar refractivity (Wildman–Crippen MR) is 115 cm³/mol. The molecule has 0 bridgehead atoms. The van der Waals surface area contributed by atoms with Crippen molar-refractivity contribution < 1.29 is 22.7 Å². The minimum Gasteiger partial charge on any atom is -0.454 e. The molecule has 0 fully saturated rings. The number of nitrogens with zero attached hydrogens (tertiary/aromatic N) is 1. The number of benzene rings is 2. The van der Waals surface area contributed by atoms with E-state index in [1.54, 1.807) is 6.07 Å². The summed E-state index contributed by atoms with van der Waals surface area (Å²) in [5.74, 6) is -1.06. The Balaban J connectivity index is 1.73. The highest BCUT2D eigenvalue weighted by molar-refractivity contribution is 9.10. The summed E-state index contributed by atoms with van der Waals surface area (Å²) in [6, 6.07) is 14.4. The molecular weight excluding hydrogens is 472 g/mol. The maximum absolute atomic E-state index is 12.6. The molecule has 0 aliphatic carbocycles. The highest BCUT2D eigenvalue weighted by atomic mass is 79.9. The van der Waals surface area contributed by atoms with Crippen molar-refractivity contribution in [1.82, 2.24) is 4.57 Å². The number of ether oxygens (including phenoxy) is 1. The van der Waals surface area contributed by atoms with E-state index in [1.165, 1.54) is 24.3 Å². The van der Waals surface area contributed by atoms with E-state index < -0.39 is 22.6 Å². The summed E-state index contributed by atoms with van der Waals surface area (Å²) in [4.78, 5) is 24.7. The van der Waals surface area contributed by atoms with Crippen molar-refractivity contribution in [3.63, 3.8) is 0 Å². The Morgan fingerprint density at radius 2 is 1.63 bits per heavy atom. The Bertz CT molecular complexity index is 1210. The number of hydrogen-bond donors (Lipinski definition) is 1. The van der Waals surface area contributed by atoms with Crippen LogP contribution >= 0.6 is 15.9 Å². The Morgan fingerprint density at radius 1 is 1.03 bits per heavy atom. The second-order valence-corrected chi connectivity index (χ2v) is 9.14. The molecule has 156 valence electrons. The average Bonchev–Trinajstić information content (AvgIpc) is 3.00. The number of esters is 1. The average molecular weight is 491 g/mol. The van der Waals surface area contributed by atoms with Crippen molar-refractivity contribution >= 4 is 37.7 Å². The SMILES string of the molecule is Cc1cc(C(=O)COC(=O)c2ccc(S(N)(=O)=O)cc2)c(C)n1-c1ccc(Br)cc1. The first kappa shape index (κ1) is 21.9. The highest BCUT2D eigenvalue weighted by Crippen LogP contribution is 2.23. The van der Waals surface area contributed by atoms with Gasteiger partial charge < -0.3 is 9.30 Å². The number of Topliss-reactive ketones (excluding diaryl/α,β-unsaturated/α-hetero) is 1. The summed E-state index contributed by atoms with van der Waals surface area (Å²) in [7, 11) is -3.85. The van der Waals surface area contributed by atoms with Crippen LogP contribution < -0.4 is 5.14 Å². The standard InChI is InChI=1S/C21H19BrN2O5S/c1-13-11-19(14(2)24(13)17-7-5-16(22)6-8-17)20(25)12-29-21(26)15-3-9-18(10-4-15)30(23,27)28/h3-11H,12H2,1-2H3,(H2,23,27,28). The molecule has 3 rings (SSSR count). The maximum Gasteiger partial charge on any atom is 0.338 e. The van der Waals surface area contributed by atoms with Crippen LogP contribution in [0.1, 0.15) is 32.1 Å². The third-order valence-electron chi connectivity index (χ3n) is 4.57. The second kappa shape index (κ2) is 8.55.